The lowest BCUT2D eigenvalue weighted by Crippen LogP contribution is -2.26. The molecule has 1 aromatic heterocycles. The fraction of sp³-hybridized carbons (Fsp3) is 0.308. The zero-order valence-corrected chi connectivity index (χ0v) is 11.2. The van der Waals surface area contributed by atoms with Gasteiger partial charge >= 0.3 is 0 Å². The van der Waals surface area contributed by atoms with Gasteiger partial charge in [0.2, 0.25) is 5.91 Å². The van der Waals surface area contributed by atoms with E-state index in [0.29, 0.717) is 18.7 Å². The molecule has 0 saturated carbocycles. The number of rotatable bonds is 6. The molecule has 0 unspecified atom stereocenters. The summed E-state index contributed by atoms with van der Waals surface area (Å²) in [5.41, 5.74) is 0. The summed E-state index contributed by atoms with van der Waals surface area (Å²) < 4.78 is 0. The van der Waals surface area contributed by atoms with Crippen LogP contribution in [-0.2, 0) is 4.79 Å². The van der Waals surface area contributed by atoms with Gasteiger partial charge in [0, 0.05) is 23.9 Å². The van der Waals surface area contributed by atoms with E-state index < -0.39 is 0 Å². The van der Waals surface area contributed by atoms with Crippen molar-refractivity contribution in [3.8, 4) is 0 Å². The smallest absolute Gasteiger partial charge is 0.230 e. The molecule has 1 heterocycles. The SMILES string of the molecule is O=C(CSc1nncc2ccccc12)NCCCO. The second kappa shape index (κ2) is 7.06. The number of nitrogens with one attached hydrogen (secondary N) is 1. The molecule has 0 aliphatic heterocycles. The molecule has 0 aliphatic carbocycles. The van der Waals surface area contributed by atoms with E-state index in [9.17, 15) is 4.79 Å². The molecule has 0 saturated heterocycles. The van der Waals surface area contributed by atoms with Crippen LogP contribution in [0.5, 0.6) is 0 Å². The van der Waals surface area contributed by atoms with E-state index in [1.165, 1.54) is 11.8 Å². The van der Waals surface area contributed by atoms with Gasteiger partial charge in [-0.1, -0.05) is 36.0 Å². The average molecular weight is 277 g/mol. The molecule has 2 rings (SSSR count). The van der Waals surface area contributed by atoms with Crippen LogP contribution in [0.15, 0.2) is 35.5 Å². The highest BCUT2D eigenvalue weighted by Crippen LogP contribution is 2.24. The molecule has 2 aromatic rings. The summed E-state index contributed by atoms with van der Waals surface area (Å²) in [5.74, 6) is 0.238. The van der Waals surface area contributed by atoms with Gasteiger partial charge in [-0.2, -0.15) is 5.10 Å². The van der Waals surface area contributed by atoms with Crippen molar-refractivity contribution >= 4 is 28.4 Å². The molecule has 0 spiro atoms. The highest BCUT2D eigenvalue weighted by atomic mass is 32.2. The van der Waals surface area contributed by atoms with Gasteiger partial charge in [0.1, 0.15) is 5.03 Å². The van der Waals surface area contributed by atoms with Crippen molar-refractivity contribution in [3.05, 3.63) is 30.5 Å². The molecule has 6 heteroatoms. The first kappa shape index (κ1) is 13.8. The van der Waals surface area contributed by atoms with E-state index in [-0.39, 0.29) is 12.5 Å². The van der Waals surface area contributed by atoms with E-state index in [1.807, 2.05) is 24.3 Å². The molecule has 0 aliphatic rings. The molecule has 1 amide bonds. The lowest BCUT2D eigenvalue weighted by molar-refractivity contribution is -0.118. The standard InChI is InChI=1S/C13H15N3O2S/c17-7-3-6-14-12(18)9-19-13-11-5-2-1-4-10(11)8-15-16-13/h1-2,4-5,8,17H,3,6-7,9H2,(H,14,18). The van der Waals surface area contributed by atoms with Gasteiger partial charge < -0.3 is 10.4 Å². The number of aliphatic hydroxyl groups excluding tert-OH is 1. The van der Waals surface area contributed by atoms with Crippen molar-refractivity contribution < 1.29 is 9.90 Å². The zero-order valence-electron chi connectivity index (χ0n) is 10.4. The van der Waals surface area contributed by atoms with Crippen LogP contribution in [0.4, 0.5) is 0 Å². The van der Waals surface area contributed by atoms with Crippen molar-refractivity contribution in [3.63, 3.8) is 0 Å². The monoisotopic (exact) mass is 277 g/mol. The number of aromatic nitrogens is 2. The van der Waals surface area contributed by atoms with Crippen LogP contribution in [0.25, 0.3) is 10.8 Å². The van der Waals surface area contributed by atoms with E-state index in [1.54, 1.807) is 6.20 Å². The minimum atomic E-state index is -0.0619. The van der Waals surface area contributed by atoms with E-state index >= 15 is 0 Å². The number of carbonyl (C=O) groups excluding carboxylic acids is 1. The van der Waals surface area contributed by atoms with Crippen molar-refractivity contribution in [1.82, 2.24) is 15.5 Å². The summed E-state index contributed by atoms with van der Waals surface area (Å²) >= 11 is 1.37. The van der Waals surface area contributed by atoms with Gasteiger partial charge in [-0.25, -0.2) is 0 Å². The summed E-state index contributed by atoms with van der Waals surface area (Å²) in [4.78, 5) is 11.6. The summed E-state index contributed by atoms with van der Waals surface area (Å²) in [6.45, 7) is 0.583. The van der Waals surface area contributed by atoms with Crippen molar-refractivity contribution in [2.45, 2.75) is 11.4 Å². The van der Waals surface area contributed by atoms with Crippen LogP contribution >= 0.6 is 11.8 Å². The Morgan fingerprint density at radius 1 is 1.37 bits per heavy atom. The Morgan fingerprint density at radius 3 is 3.05 bits per heavy atom. The van der Waals surface area contributed by atoms with Crippen LogP contribution in [-0.4, -0.2) is 40.1 Å². The molecular formula is C13H15N3O2S. The predicted molar refractivity (Wildman–Crippen MR) is 75.0 cm³/mol. The maximum atomic E-state index is 11.6. The van der Waals surface area contributed by atoms with Crippen molar-refractivity contribution in [2.75, 3.05) is 18.9 Å². The van der Waals surface area contributed by atoms with Crippen LogP contribution in [0.1, 0.15) is 6.42 Å². The summed E-state index contributed by atoms with van der Waals surface area (Å²) in [7, 11) is 0. The van der Waals surface area contributed by atoms with Gasteiger partial charge in [0.05, 0.1) is 11.9 Å². The van der Waals surface area contributed by atoms with Crippen LogP contribution in [0, 0.1) is 0 Å². The zero-order chi connectivity index (χ0) is 13.5. The summed E-state index contributed by atoms with van der Waals surface area (Å²) in [6.07, 6.45) is 2.28. The number of amides is 1. The molecule has 2 N–H and O–H groups in total. The number of carbonyl (C=O) groups is 1. The minimum Gasteiger partial charge on any atom is -0.396 e. The van der Waals surface area contributed by atoms with Gasteiger partial charge in [-0.15, -0.1) is 5.10 Å². The number of aliphatic hydroxyl groups is 1. The topological polar surface area (TPSA) is 75.1 Å². The lowest BCUT2D eigenvalue weighted by Gasteiger charge is -2.05. The van der Waals surface area contributed by atoms with Crippen LogP contribution in [0.3, 0.4) is 0 Å². The Bertz CT molecular complexity index is 557. The number of nitrogens with zero attached hydrogens (tertiary/aromatic N) is 2. The van der Waals surface area contributed by atoms with E-state index in [2.05, 4.69) is 15.5 Å². The first-order valence-corrected chi connectivity index (χ1v) is 7.00. The quantitative estimate of drug-likeness (QED) is 0.613. The molecule has 0 atom stereocenters. The largest absolute Gasteiger partial charge is 0.396 e. The van der Waals surface area contributed by atoms with Gasteiger partial charge in [-0.3, -0.25) is 4.79 Å². The molecule has 0 fully saturated rings. The first-order chi connectivity index (χ1) is 9.31. The van der Waals surface area contributed by atoms with Crippen LogP contribution < -0.4 is 5.32 Å². The summed E-state index contributed by atoms with van der Waals surface area (Å²) in [6, 6.07) is 7.82. The fourth-order valence-electron chi connectivity index (χ4n) is 1.60. The Balaban J connectivity index is 1.96. The molecule has 0 radical (unpaired) electrons. The average Bonchev–Trinajstić information content (AvgIpc) is 2.45. The molecule has 100 valence electrons. The Hall–Kier alpha value is -1.66. The van der Waals surface area contributed by atoms with Crippen LogP contribution in [0.2, 0.25) is 0 Å². The van der Waals surface area contributed by atoms with Gasteiger partial charge in [-0.05, 0) is 6.42 Å². The summed E-state index contributed by atoms with van der Waals surface area (Å²) in [5, 5.41) is 22.1. The second-order valence-corrected chi connectivity index (χ2v) is 4.92. The highest BCUT2D eigenvalue weighted by molar-refractivity contribution is 8.00. The Kier molecular flexibility index (Phi) is 5.11. The number of hydrogen-bond acceptors (Lipinski definition) is 5. The maximum Gasteiger partial charge on any atom is 0.230 e. The molecule has 5 nitrogen and oxygen atoms in total. The van der Waals surface area contributed by atoms with Crippen molar-refractivity contribution in [1.29, 1.82) is 0 Å². The van der Waals surface area contributed by atoms with Gasteiger partial charge in [0.15, 0.2) is 0 Å². The number of benzene rings is 1. The highest BCUT2D eigenvalue weighted by Gasteiger charge is 2.07. The van der Waals surface area contributed by atoms with E-state index in [4.69, 9.17) is 5.11 Å². The molecule has 1 aromatic carbocycles. The third-order valence-corrected chi connectivity index (χ3v) is 3.52. The van der Waals surface area contributed by atoms with E-state index in [0.717, 1.165) is 15.8 Å². The molecule has 0 bridgehead atoms. The predicted octanol–water partition coefficient (Wildman–Crippen LogP) is 1.22. The maximum absolute atomic E-state index is 11.6. The normalized spacial score (nSPS) is 10.6. The van der Waals surface area contributed by atoms with Gasteiger partial charge in [0.25, 0.3) is 0 Å². The van der Waals surface area contributed by atoms with Crippen molar-refractivity contribution in [2.24, 2.45) is 0 Å². The third-order valence-electron chi connectivity index (χ3n) is 2.53. The second-order valence-electron chi connectivity index (χ2n) is 3.95. The minimum absolute atomic E-state index is 0.0619. The third kappa shape index (κ3) is 3.90. The first-order valence-electron chi connectivity index (χ1n) is 6.02. The number of thioether (sulfide) groups is 1. The molecule has 19 heavy (non-hydrogen) atoms. The Labute approximate surface area is 115 Å². The fourth-order valence-corrected chi connectivity index (χ4v) is 2.42. The lowest BCUT2D eigenvalue weighted by atomic mass is 10.2. The Morgan fingerprint density at radius 2 is 2.21 bits per heavy atom. The number of hydrogen-bond donors (Lipinski definition) is 2. The number of fused-ring (bicyclic) bond motifs is 1. The molecular weight excluding hydrogens is 262 g/mol.